The molecule has 0 aliphatic rings. The van der Waals surface area contributed by atoms with E-state index in [1.165, 1.54) is 6.42 Å². The highest BCUT2D eigenvalue weighted by atomic mass is 13.4. The van der Waals surface area contributed by atoms with Crippen LogP contribution in [-0.2, 0) is 0 Å². The molecule has 0 aromatic carbocycles. The quantitative estimate of drug-likeness (QED) is 0.389. The minimum atomic E-state index is 1.25. The normalized spacial score (nSPS) is 4.13. The average molecular weight is 218 g/mol. The molecule has 0 aliphatic carbocycles. The predicted molar refractivity (Wildman–Crippen MR) is 81.8 cm³/mol. The van der Waals surface area contributed by atoms with Gasteiger partial charge in [-0.1, -0.05) is 74.0 Å². The summed E-state index contributed by atoms with van der Waals surface area (Å²) >= 11 is 0. The molecule has 98 valence electrons. The van der Waals surface area contributed by atoms with Crippen LogP contribution in [0.15, 0.2) is 25.3 Å². The molecule has 0 aromatic heterocycles. The van der Waals surface area contributed by atoms with E-state index in [4.69, 9.17) is 0 Å². The molecule has 0 saturated carbocycles. The van der Waals surface area contributed by atoms with E-state index in [9.17, 15) is 0 Å². The zero-order chi connectivity index (χ0) is 14.1. The molecule has 0 N–H and O–H groups in total. The van der Waals surface area contributed by atoms with Crippen LogP contribution in [0.3, 0.4) is 0 Å². The second-order valence-electron chi connectivity index (χ2n) is 1.52. The first-order valence-electron chi connectivity index (χ1n) is 6.39. The predicted octanol–water partition coefficient (Wildman–Crippen LogP) is 6.88. The summed E-state index contributed by atoms with van der Waals surface area (Å²) in [5.41, 5.74) is 0. The maximum atomic E-state index is 3.36. The lowest BCUT2D eigenvalue weighted by molar-refractivity contribution is 1.09. The molecule has 0 spiro atoms. The van der Waals surface area contributed by atoms with Gasteiger partial charge < -0.3 is 0 Å². The van der Waals surface area contributed by atoms with Crippen LogP contribution < -0.4 is 0 Å². The maximum Gasteiger partial charge on any atom is -0.0473 e. The third kappa shape index (κ3) is 6570. The largest absolute Gasteiger partial charge is 0.103 e. The van der Waals surface area contributed by atoms with Crippen LogP contribution in [-0.4, -0.2) is 0 Å². The van der Waals surface area contributed by atoms with Crippen LogP contribution in [0.1, 0.15) is 75.7 Å². The second-order valence-corrected chi connectivity index (χ2v) is 1.52. The van der Waals surface area contributed by atoms with Gasteiger partial charge in [-0.15, -0.1) is 13.2 Å². The highest BCUT2D eigenvalue weighted by Gasteiger charge is 1.35. The van der Waals surface area contributed by atoms with Crippen molar-refractivity contribution >= 4 is 0 Å². The second kappa shape index (κ2) is 341. The molecule has 0 aliphatic heterocycles. The van der Waals surface area contributed by atoms with Crippen molar-refractivity contribution in [1.82, 2.24) is 0 Å². The van der Waals surface area contributed by atoms with Gasteiger partial charge in [0.05, 0.1) is 0 Å². The molecule has 0 nitrogen and oxygen atoms in total. The molecule has 0 heteroatoms. The molecule has 0 rings (SSSR count). The van der Waals surface area contributed by atoms with Crippen molar-refractivity contribution in [2.75, 3.05) is 0 Å². The van der Waals surface area contributed by atoms with Gasteiger partial charge in [-0.3, -0.25) is 0 Å². The van der Waals surface area contributed by atoms with Crippen molar-refractivity contribution < 1.29 is 0 Å². The van der Waals surface area contributed by atoms with Crippen molar-refractivity contribution in [1.29, 1.82) is 0 Å². The zero-order valence-corrected chi connectivity index (χ0v) is 13.3. The highest BCUT2D eigenvalue weighted by Crippen LogP contribution is 1.56. The Kier molecular flexibility index (Phi) is 833. The molecule has 0 radical (unpaired) electrons. The Balaban J connectivity index is -0.0000000164. The Hall–Kier alpha value is -0.520. The summed E-state index contributed by atoms with van der Waals surface area (Å²) < 4.78 is 0. The lowest BCUT2D eigenvalue weighted by Gasteiger charge is -1.48. The number of allylic oxidation sites excluding steroid dienone is 2. The molecular formula is C15H38. The van der Waals surface area contributed by atoms with Crippen molar-refractivity contribution in [2.45, 2.75) is 75.7 Å². The van der Waals surface area contributed by atoms with Gasteiger partial charge in [0.2, 0.25) is 0 Å². The summed E-state index contributed by atoms with van der Waals surface area (Å²) in [7, 11) is 0. The maximum absolute atomic E-state index is 3.36. The molecule has 0 saturated heterocycles. The summed E-state index contributed by atoms with van der Waals surface area (Å²) in [4.78, 5) is 0. The van der Waals surface area contributed by atoms with E-state index in [1.54, 1.807) is 12.2 Å². The first kappa shape index (κ1) is 36.6. The van der Waals surface area contributed by atoms with Crippen molar-refractivity contribution in [3.05, 3.63) is 25.3 Å². The average Bonchev–Trinajstić information content (AvgIpc) is 2.29. The van der Waals surface area contributed by atoms with Gasteiger partial charge in [0.25, 0.3) is 0 Å². The first-order valence-corrected chi connectivity index (χ1v) is 6.39. The molecule has 0 heterocycles. The summed E-state index contributed by atoms with van der Waals surface area (Å²) in [5, 5.41) is 0. The minimum absolute atomic E-state index is 1.25. The van der Waals surface area contributed by atoms with Crippen LogP contribution in [0, 0.1) is 0 Å². The molecule has 0 bridgehead atoms. The summed E-state index contributed by atoms with van der Waals surface area (Å²) in [6.07, 6.45) is 4.75. The smallest absolute Gasteiger partial charge is 0.0473 e. The fourth-order valence-corrected chi connectivity index (χ4v) is 0. The number of hydrogen-bond donors (Lipinski definition) is 0. The van der Waals surface area contributed by atoms with E-state index in [2.05, 4.69) is 27.0 Å². The molecule has 0 atom stereocenters. The topological polar surface area (TPSA) is 0 Å². The standard InChI is InChI=1S/C3H8.2C3H6.3C2H6/c3*1-3-2;3*1-2/h3H2,1-2H3;2*3H,1H2,2H3;3*1-2H3. The lowest BCUT2D eigenvalue weighted by atomic mass is 10.6. The van der Waals surface area contributed by atoms with Gasteiger partial charge >= 0.3 is 0 Å². The first-order chi connectivity index (χ1) is 7.24. The lowest BCUT2D eigenvalue weighted by Crippen LogP contribution is -1.27. The minimum Gasteiger partial charge on any atom is -0.103 e. The molecule has 0 unspecified atom stereocenters. The molecule has 0 aromatic rings. The molecule has 0 amide bonds. The highest BCUT2D eigenvalue weighted by molar-refractivity contribution is 4.51. The van der Waals surface area contributed by atoms with Crippen molar-refractivity contribution in [3.63, 3.8) is 0 Å². The third-order valence-corrected chi connectivity index (χ3v) is 0. The van der Waals surface area contributed by atoms with Crippen LogP contribution in [0.5, 0.6) is 0 Å². The fourth-order valence-electron chi connectivity index (χ4n) is 0. The Morgan fingerprint density at radius 1 is 0.667 bits per heavy atom. The zero-order valence-electron chi connectivity index (χ0n) is 13.3. The summed E-state index contributed by atoms with van der Waals surface area (Å²) in [6, 6.07) is 0. The van der Waals surface area contributed by atoms with Crippen LogP contribution in [0.4, 0.5) is 0 Å². The van der Waals surface area contributed by atoms with Gasteiger partial charge in [-0.05, 0) is 13.8 Å². The van der Waals surface area contributed by atoms with Gasteiger partial charge in [-0.25, -0.2) is 0 Å². The molecule has 15 heavy (non-hydrogen) atoms. The van der Waals surface area contributed by atoms with Crippen LogP contribution >= 0.6 is 0 Å². The van der Waals surface area contributed by atoms with Gasteiger partial charge in [0, 0.05) is 0 Å². The fraction of sp³-hybridized carbons (Fsp3) is 0.733. The van der Waals surface area contributed by atoms with Crippen LogP contribution in [0.2, 0.25) is 0 Å². The van der Waals surface area contributed by atoms with E-state index in [-0.39, 0.29) is 0 Å². The molecular weight excluding hydrogens is 180 g/mol. The van der Waals surface area contributed by atoms with E-state index in [1.807, 2.05) is 55.4 Å². The van der Waals surface area contributed by atoms with Crippen molar-refractivity contribution in [3.8, 4) is 0 Å². The number of rotatable bonds is 0. The van der Waals surface area contributed by atoms with Gasteiger partial charge in [0.15, 0.2) is 0 Å². The Morgan fingerprint density at radius 2 is 0.667 bits per heavy atom. The van der Waals surface area contributed by atoms with Gasteiger partial charge in [-0.2, -0.15) is 0 Å². The SMILES string of the molecule is C=CC.C=CC.CC.CC.CC.CCC. The summed E-state index contributed by atoms with van der Waals surface area (Å²) in [6.45, 7) is 26.8. The Bertz CT molecular complexity index is 29.3. The van der Waals surface area contributed by atoms with Crippen LogP contribution in [0.25, 0.3) is 0 Å². The van der Waals surface area contributed by atoms with E-state index >= 15 is 0 Å². The summed E-state index contributed by atoms with van der Waals surface area (Å²) in [5.74, 6) is 0. The monoisotopic (exact) mass is 218 g/mol. The third-order valence-electron chi connectivity index (χ3n) is 0. The Labute approximate surface area is 101 Å². The Morgan fingerprint density at radius 3 is 0.667 bits per heavy atom. The van der Waals surface area contributed by atoms with E-state index in [0.29, 0.717) is 0 Å². The van der Waals surface area contributed by atoms with Crippen molar-refractivity contribution in [2.24, 2.45) is 0 Å². The molecule has 0 fully saturated rings. The van der Waals surface area contributed by atoms with Gasteiger partial charge in [0.1, 0.15) is 0 Å². The van der Waals surface area contributed by atoms with E-state index in [0.717, 1.165) is 0 Å². The number of hydrogen-bond acceptors (Lipinski definition) is 0. The van der Waals surface area contributed by atoms with E-state index < -0.39 is 0 Å².